The number of ether oxygens (including phenoxy) is 2. The van der Waals surface area contributed by atoms with Crippen LogP contribution >= 0.6 is 0 Å². The van der Waals surface area contributed by atoms with Gasteiger partial charge in [-0.3, -0.25) is 9.78 Å². The van der Waals surface area contributed by atoms with Gasteiger partial charge in [0.2, 0.25) is 11.8 Å². The van der Waals surface area contributed by atoms with Crippen molar-refractivity contribution in [1.29, 1.82) is 0 Å². The lowest BCUT2D eigenvalue weighted by molar-refractivity contribution is 0.0723. The van der Waals surface area contributed by atoms with E-state index in [9.17, 15) is 4.79 Å². The maximum absolute atomic E-state index is 13.3. The van der Waals surface area contributed by atoms with E-state index in [4.69, 9.17) is 9.47 Å². The zero-order chi connectivity index (χ0) is 20.2. The Bertz CT molecular complexity index is 991. The highest BCUT2D eigenvalue weighted by atomic mass is 16.5. The number of rotatable bonds is 6. The number of amides is 1. The molecule has 1 unspecified atom stereocenters. The van der Waals surface area contributed by atoms with Crippen molar-refractivity contribution in [2.75, 3.05) is 20.8 Å². The first-order valence-corrected chi connectivity index (χ1v) is 9.38. The molecular weight excluding hydrogens is 372 g/mol. The highest BCUT2D eigenvalue weighted by Gasteiger charge is 2.35. The summed E-state index contributed by atoms with van der Waals surface area (Å²) in [6.07, 6.45) is 6.94. The smallest absolute Gasteiger partial charge is 0.259 e. The van der Waals surface area contributed by atoms with Crippen LogP contribution in [0.25, 0.3) is 0 Å². The standard InChI is InChI=1S/C20H22N6O3/c1-28-17-6-5-15(19(23-17)29-2)20(27)26-11-3-4-16(26)18-24-22-13-25(18)12-14-7-9-21-10-8-14/h5-10,13,16H,3-4,11-12H2,1-2H3. The summed E-state index contributed by atoms with van der Waals surface area (Å²) in [7, 11) is 3.01. The summed E-state index contributed by atoms with van der Waals surface area (Å²) in [5.74, 6) is 1.28. The maximum atomic E-state index is 13.3. The monoisotopic (exact) mass is 394 g/mol. The van der Waals surface area contributed by atoms with Crippen LogP contribution in [0.4, 0.5) is 0 Å². The fourth-order valence-electron chi connectivity index (χ4n) is 3.62. The Balaban J connectivity index is 1.61. The molecule has 9 heteroatoms. The van der Waals surface area contributed by atoms with Gasteiger partial charge in [-0.05, 0) is 36.6 Å². The summed E-state index contributed by atoms with van der Waals surface area (Å²) >= 11 is 0. The first-order chi connectivity index (χ1) is 14.2. The van der Waals surface area contributed by atoms with Crippen molar-refractivity contribution in [2.24, 2.45) is 0 Å². The highest BCUT2D eigenvalue weighted by molar-refractivity contribution is 5.96. The van der Waals surface area contributed by atoms with Gasteiger partial charge in [0.25, 0.3) is 5.91 Å². The minimum atomic E-state index is -0.154. The molecule has 0 radical (unpaired) electrons. The van der Waals surface area contributed by atoms with Crippen molar-refractivity contribution in [3.05, 3.63) is 59.9 Å². The zero-order valence-electron chi connectivity index (χ0n) is 16.4. The molecule has 1 aliphatic rings. The molecule has 1 atom stereocenters. The summed E-state index contributed by atoms with van der Waals surface area (Å²) in [5, 5.41) is 8.42. The van der Waals surface area contributed by atoms with Crippen LogP contribution in [0.5, 0.6) is 11.8 Å². The maximum Gasteiger partial charge on any atom is 0.259 e. The summed E-state index contributed by atoms with van der Waals surface area (Å²) in [5.41, 5.74) is 1.50. The average Bonchev–Trinajstić information content (AvgIpc) is 3.42. The van der Waals surface area contributed by atoms with Crippen molar-refractivity contribution >= 4 is 5.91 Å². The molecule has 29 heavy (non-hydrogen) atoms. The molecule has 1 saturated heterocycles. The Morgan fingerprint density at radius 1 is 1.17 bits per heavy atom. The second-order valence-corrected chi connectivity index (χ2v) is 6.74. The molecule has 0 bridgehead atoms. The molecule has 1 fully saturated rings. The average molecular weight is 394 g/mol. The Morgan fingerprint density at radius 2 is 2.00 bits per heavy atom. The van der Waals surface area contributed by atoms with Gasteiger partial charge in [-0.15, -0.1) is 10.2 Å². The fraction of sp³-hybridized carbons (Fsp3) is 0.350. The second kappa shape index (κ2) is 8.26. The highest BCUT2D eigenvalue weighted by Crippen LogP contribution is 2.34. The molecule has 1 aliphatic heterocycles. The third kappa shape index (κ3) is 3.75. The summed E-state index contributed by atoms with van der Waals surface area (Å²) in [6.45, 7) is 1.26. The molecule has 0 N–H and O–H groups in total. The van der Waals surface area contributed by atoms with Crippen LogP contribution in [0.1, 0.15) is 40.6 Å². The lowest BCUT2D eigenvalue weighted by Gasteiger charge is -2.25. The molecule has 3 aromatic heterocycles. The van der Waals surface area contributed by atoms with E-state index in [0.717, 1.165) is 24.2 Å². The van der Waals surface area contributed by atoms with Crippen molar-refractivity contribution in [3.63, 3.8) is 0 Å². The topological polar surface area (TPSA) is 95.3 Å². The lowest BCUT2D eigenvalue weighted by atomic mass is 10.1. The Hall–Kier alpha value is -3.49. The summed E-state index contributed by atoms with van der Waals surface area (Å²) in [4.78, 5) is 23.4. The number of carbonyl (C=O) groups is 1. The van der Waals surface area contributed by atoms with Gasteiger partial charge >= 0.3 is 0 Å². The van der Waals surface area contributed by atoms with Gasteiger partial charge < -0.3 is 18.9 Å². The second-order valence-electron chi connectivity index (χ2n) is 6.74. The Kier molecular flexibility index (Phi) is 5.37. The minimum absolute atomic E-state index is 0.141. The van der Waals surface area contributed by atoms with Crippen LogP contribution in [0.15, 0.2) is 43.0 Å². The molecule has 4 rings (SSSR count). The van der Waals surface area contributed by atoms with Gasteiger partial charge in [0.05, 0.1) is 26.8 Å². The van der Waals surface area contributed by atoms with E-state index in [1.807, 2.05) is 21.6 Å². The zero-order valence-corrected chi connectivity index (χ0v) is 16.4. The van der Waals surface area contributed by atoms with Gasteiger partial charge in [-0.25, -0.2) is 0 Å². The number of carbonyl (C=O) groups excluding carboxylic acids is 1. The number of hydrogen-bond donors (Lipinski definition) is 0. The number of nitrogens with zero attached hydrogens (tertiary/aromatic N) is 6. The van der Waals surface area contributed by atoms with E-state index in [0.29, 0.717) is 24.5 Å². The van der Waals surface area contributed by atoms with Crippen LogP contribution in [0.3, 0.4) is 0 Å². The van der Waals surface area contributed by atoms with Gasteiger partial charge in [0, 0.05) is 25.0 Å². The first kappa shape index (κ1) is 18.9. The number of methoxy groups -OCH3 is 2. The SMILES string of the molecule is COc1ccc(C(=O)N2CCCC2c2nncn2Cc2ccncc2)c(OC)n1. The van der Waals surface area contributed by atoms with Gasteiger partial charge in [0.15, 0.2) is 5.82 Å². The predicted octanol–water partition coefficient (Wildman–Crippen LogP) is 2.11. The third-order valence-corrected chi connectivity index (χ3v) is 5.03. The quantitative estimate of drug-likeness (QED) is 0.632. The lowest BCUT2D eigenvalue weighted by Crippen LogP contribution is -2.32. The molecular formula is C20H22N6O3. The fourth-order valence-corrected chi connectivity index (χ4v) is 3.62. The van der Waals surface area contributed by atoms with E-state index in [1.165, 1.54) is 14.2 Å². The van der Waals surface area contributed by atoms with Crippen LogP contribution in [0.2, 0.25) is 0 Å². The number of pyridine rings is 2. The normalized spacial score (nSPS) is 16.1. The Labute approximate surface area is 168 Å². The van der Waals surface area contributed by atoms with E-state index >= 15 is 0 Å². The van der Waals surface area contributed by atoms with E-state index in [-0.39, 0.29) is 17.8 Å². The molecule has 4 heterocycles. The van der Waals surface area contributed by atoms with Gasteiger partial charge in [0.1, 0.15) is 11.9 Å². The number of aromatic nitrogens is 5. The molecule has 0 saturated carbocycles. The molecule has 0 spiro atoms. The van der Waals surface area contributed by atoms with Crippen molar-refractivity contribution in [2.45, 2.75) is 25.4 Å². The van der Waals surface area contributed by atoms with Crippen molar-refractivity contribution in [1.82, 2.24) is 29.6 Å². The van der Waals surface area contributed by atoms with Crippen LogP contribution in [-0.2, 0) is 6.54 Å². The molecule has 150 valence electrons. The largest absolute Gasteiger partial charge is 0.481 e. The van der Waals surface area contributed by atoms with Crippen LogP contribution in [0, 0.1) is 0 Å². The first-order valence-electron chi connectivity index (χ1n) is 9.38. The van der Waals surface area contributed by atoms with Crippen LogP contribution in [-0.4, -0.2) is 56.3 Å². The Morgan fingerprint density at radius 3 is 2.76 bits per heavy atom. The number of hydrogen-bond acceptors (Lipinski definition) is 7. The van der Waals surface area contributed by atoms with E-state index in [1.54, 1.807) is 30.9 Å². The van der Waals surface area contributed by atoms with E-state index < -0.39 is 0 Å². The number of likely N-dealkylation sites (tertiary alicyclic amines) is 1. The summed E-state index contributed by atoms with van der Waals surface area (Å²) in [6, 6.07) is 7.10. The van der Waals surface area contributed by atoms with E-state index in [2.05, 4.69) is 20.2 Å². The van der Waals surface area contributed by atoms with Gasteiger partial charge in [-0.1, -0.05) is 0 Å². The third-order valence-electron chi connectivity index (χ3n) is 5.03. The van der Waals surface area contributed by atoms with Crippen LogP contribution < -0.4 is 9.47 Å². The minimum Gasteiger partial charge on any atom is -0.481 e. The molecule has 0 aliphatic carbocycles. The molecule has 9 nitrogen and oxygen atoms in total. The summed E-state index contributed by atoms with van der Waals surface area (Å²) < 4.78 is 12.4. The van der Waals surface area contributed by atoms with Crippen molar-refractivity contribution in [3.8, 4) is 11.8 Å². The molecule has 0 aromatic carbocycles. The molecule has 3 aromatic rings. The molecule has 1 amide bonds. The van der Waals surface area contributed by atoms with Crippen molar-refractivity contribution < 1.29 is 14.3 Å². The van der Waals surface area contributed by atoms with Gasteiger partial charge in [-0.2, -0.15) is 4.98 Å². The predicted molar refractivity (Wildman–Crippen MR) is 104 cm³/mol.